The van der Waals surface area contributed by atoms with Crippen LogP contribution < -0.4 is 0 Å². The molecule has 4 heterocycles. The molecule has 5 heteroatoms. The largest absolute Gasteiger partial charge is 0.292 e. The third-order valence-electron chi connectivity index (χ3n) is 9.11. The van der Waals surface area contributed by atoms with E-state index in [-0.39, 0.29) is 0 Å². The summed E-state index contributed by atoms with van der Waals surface area (Å²) in [5.41, 5.74) is 10.0. The summed E-state index contributed by atoms with van der Waals surface area (Å²) in [7, 11) is 0. The summed E-state index contributed by atoms with van der Waals surface area (Å²) in [6.07, 6.45) is 0. The molecule has 4 aromatic heterocycles. The second kappa shape index (κ2) is 9.58. The highest BCUT2D eigenvalue weighted by Gasteiger charge is 2.22. The fraction of sp³-hybridized carbons (Fsp3) is 0. The van der Waals surface area contributed by atoms with Gasteiger partial charge in [0.2, 0.25) is 5.95 Å². The molecule has 0 fully saturated rings. The maximum Gasteiger partial charge on any atom is 0.235 e. The molecule has 0 aliphatic rings. The van der Waals surface area contributed by atoms with Crippen molar-refractivity contribution in [2.45, 2.75) is 0 Å². The van der Waals surface area contributed by atoms with Gasteiger partial charge in [0.25, 0.3) is 0 Å². The predicted molar refractivity (Wildman–Crippen MR) is 189 cm³/mol. The van der Waals surface area contributed by atoms with Crippen molar-refractivity contribution in [3.05, 3.63) is 152 Å². The first-order chi connectivity index (χ1) is 22.8. The molecule has 46 heavy (non-hydrogen) atoms. The van der Waals surface area contributed by atoms with Crippen molar-refractivity contribution in [3.63, 3.8) is 0 Å². The summed E-state index contributed by atoms with van der Waals surface area (Å²) >= 11 is 0. The number of para-hydroxylation sites is 4. The molecule has 0 aliphatic carbocycles. The van der Waals surface area contributed by atoms with Gasteiger partial charge in [0.1, 0.15) is 5.65 Å². The molecule has 10 aromatic rings. The summed E-state index contributed by atoms with van der Waals surface area (Å²) in [5, 5.41) is 5.70. The second-order valence-electron chi connectivity index (χ2n) is 11.7. The van der Waals surface area contributed by atoms with Crippen LogP contribution in [0.5, 0.6) is 0 Å². The normalized spacial score (nSPS) is 11.9. The fourth-order valence-electron chi connectivity index (χ4n) is 7.10. The molecule has 0 radical (unpaired) electrons. The van der Waals surface area contributed by atoms with Crippen LogP contribution in [0.1, 0.15) is 0 Å². The van der Waals surface area contributed by atoms with Gasteiger partial charge in [-0.3, -0.25) is 8.97 Å². The lowest BCUT2D eigenvalue weighted by molar-refractivity contribution is 0.998. The van der Waals surface area contributed by atoms with Crippen molar-refractivity contribution in [1.29, 1.82) is 0 Å². The third kappa shape index (κ3) is 3.54. The number of pyridine rings is 1. The zero-order chi connectivity index (χ0) is 30.2. The lowest BCUT2D eigenvalue weighted by Crippen LogP contribution is -2.04. The Hall–Kier alpha value is -6.33. The van der Waals surface area contributed by atoms with Crippen LogP contribution in [0.25, 0.3) is 88.6 Å². The van der Waals surface area contributed by atoms with Crippen molar-refractivity contribution in [3.8, 4) is 28.5 Å². The molecule has 0 saturated heterocycles. The Kier molecular flexibility index (Phi) is 5.22. The summed E-state index contributed by atoms with van der Waals surface area (Å²) in [4.78, 5) is 15.9. The van der Waals surface area contributed by atoms with Crippen LogP contribution in [0.2, 0.25) is 0 Å². The van der Waals surface area contributed by atoms with E-state index in [4.69, 9.17) is 15.0 Å². The Labute approximate surface area is 263 Å². The van der Waals surface area contributed by atoms with Gasteiger partial charge in [-0.2, -0.15) is 0 Å². The molecule has 5 nitrogen and oxygen atoms in total. The lowest BCUT2D eigenvalue weighted by atomic mass is 10.0. The highest BCUT2D eigenvalue weighted by atomic mass is 15.2. The topological polar surface area (TPSA) is 48.0 Å². The van der Waals surface area contributed by atoms with E-state index in [1.165, 1.54) is 5.39 Å². The number of hydrogen-bond acceptors (Lipinski definition) is 3. The minimum Gasteiger partial charge on any atom is -0.292 e. The molecule has 0 saturated carbocycles. The zero-order valence-electron chi connectivity index (χ0n) is 24.7. The number of imidazole rings is 1. The van der Waals surface area contributed by atoms with E-state index in [1.807, 2.05) is 12.1 Å². The second-order valence-corrected chi connectivity index (χ2v) is 11.7. The van der Waals surface area contributed by atoms with Gasteiger partial charge in [-0.15, -0.1) is 0 Å². The first kappa shape index (κ1) is 25.0. The highest BCUT2D eigenvalue weighted by Crippen LogP contribution is 2.41. The van der Waals surface area contributed by atoms with E-state index in [9.17, 15) is 0 Å². The summed E-state index contributed by atoms with van der Waals surface area (Å²) in [6.45, 7) is 0. The molecule has 10 rings (SSSR count). The van der Waals surface area contributed by atoms with Gasteiger partial charge < -0.3 is 0 Å². The Morgan fingerprint density at radius 2 is 0.957 bits per heavy atom. The van der Waals surface area contributed by atoms with E-state index in [1.54, 1.807) is 0 Å². The van der Waals surface area contributed by atoms with E-state index < -0.39 is 0 Å². The Bertz CT molecular complexity index is 2740. The van der Waals surface area contributed by atoms with E-state index >= 15 is 0 Å². The van der Waals surface area contributed by atoms with Gasteiger partial charge in [-0.1, -0.05) is 121 Å². The van der Waals surface area contributed by atoms with Gasteiger partial charge in [0.05, 0.1) is 44.4 Å². The summed E-state index contributed by atoms with van der Waals surface area (Å²) in [5.74, 6) is 0.626. The number of fused-ring (bicyclic) bond motifs is 12. The quantitative estimate of drug-likeness (QED) is 0.193. The Morgan fingerprint density at radius 3 is 1.65 bits per heavy atom. The standard InChI is InChI=1S/C41H25N5/c1-3-13-26(14-4-1)33-25-34(27-15-5-2-6-16-27)44-41(43-33)46-36-21-11-8-18-29(36)31-24-23-30-28-17-7-10-20-35(28)45-37-22-12-9-19-32(37)42-40(45)38(30)39(31)46/h1-25H. The molecule has 0 aliphatic heterocycles. The Morgan fingerprint density at radius 1 is 0.413 bits per heavy atom. The van der Waals surface area contributed by atoms with E-state index in [2.05, 4.69) is 148 Å². The molecule has 0 amide bonds. The van der Waals surface area contributed by atoms with Crippen molar-refractivity contribution in [2.24, 2.45) is 0 Å². The molecule has 214 valence electrons. The fourth-order valence-corrected chi connectivity index (χ4v) is 7.10. The van der Waals surface area contributed by atoms with Crippen LogP contribution >= 0.6 is 0 Å². The number of aromatic nitrogens is 5. The SMILES string of the molecule is c1ccc(-c2cc(-c3ccccc3)nc(-n3c4ccccc4c4ccc5c6ccccc6n6c7ccccc7nc6c5c43)n2)cc1. The van der Waals surface area contributed by atoms with E-state index in [0.717, 1.165) is 77.3 Å². The van der Waals surface area contributed by atoms with Crippen molar-refractivity contribution in [2.75, 3.05) is 0 Å². The van der Waals surface area contributed by atoms with Gasteiger partial charge in [0.15, 0.2) is 0 Å². The maximum atomic E-state index is 5.29. The van der Waals surface area contributed by atoms with Gasteiger partial charge >= 0.3 is 0 Å². The predicted octanol–water partition coefficient (Wildman–Crippen LogP) is 10.0. The van der Waals surface area contributed by atoms with Crippen LogP contribution in [0.15, 0.2) is 152 Å². The maximum absolute atomic E-state index is 5.29. The van der Waals surface area contributed by atoms with Crippen molar-refractivity contribution < 1.29 is 0 Å². The Balaban J connectivity index is 1.43. The molecule has 0 unspecified atom stereocenters. The summed E-state index contributed by atoms with van der Waals surface area (Å²) in [6, 6.07) is 52.9. The van der Waals surface area contributed by atoms with Crippen LogP contribution in [-0.4, -0.2) is 23.9 Å². The van der Waals surface area contributed by atoms with Crippen LogP contribution in [0.4, 0.5) is 0 Å². The number of hydrogen-bond donors (Lipinski definition) is 0. The lowest BCUT2D eigenvalue weighted by Gasteiger charge is -2.14. The van der Waals surface area contributed by atoms with Crippen LogP contribution in [-0.2, 0) is 0 Å². The van der Waals surface area contributed by atoms with Gasteiger partial charge in [-0.05, 0) is 35.7 Å². The van der Waals surface area contributed by atoms with Crippen molar-refractivity contribution in [1.82, 2.24) is 23.9 Å². The molecule has 0 spiro atoms. The monoisotopic (exact) mass is 587 g/mol. The van der Waals surface area contributed by atoms with Gasteiger partial charge in [0, 0.05) is 27.3 Å². The molecular weight excluding hydrogens is 562 g/mol. The highest BCUT2D eigenvalue weighted by molar-refractivity contribution is 6.27. The zero-order valence-corrected chi connectivity index (χ0v) is 24.7. The van der Waals surface area contributed by atoms with E-state index in [0.29, 0.717) is 5.95 Å². The average molecular weight is 588 g/mol. The number of rotatable bonds is 3. The molecule has 6 aromatic carbocycles. The van der Waals surface area contributed by atoms with Crippen LogP contribution in [0.3, 0.4) is 0 Å². The minimum absolute atomic E-state index is 0.626. The minimum atomic E-state index is 0.626. The molecule has 0 N–H and O–H groups in total. The van der Waals surface area contributed by atoms with Crippen molar-refractivity contribution >= 4 is 60.2 Å². The molecule has 0 atom stereocenters. The number of nitrogens with zero attached hydrogens (tertiary/aromatic N) is 5. The molecule has 0 bridgehead atoms. The molecular formula is C41H25N5. The van der Waals surface area contributed by atoms with Gasteiger partial charge in [-0.25, -0.2) is 15.0 Å². The first-order valence-corrected chi connectivity index (χ1v) is 15.5. The van der Waals surface area contributed by atoms with Crippen LogP contribution in [0, 0.1) is 0 Å². The smallest absolute Gasteiger partial charge is 0.235 e. The summed E-state index contributed by atoms with van der Waals surface area (Å²) < 4.78 is 4.56. The number of benzene rings is 6. The first-order valence-electron chi connectivity index (χ1n) is 15.5. The average Bonchev–Trinajstić information content (AvgIpc) is 3.69. The third-order valence-corrected chi connectivity index (χ3v) is 9.11.